The van der Waals surface area contributed by atoms with E-state index in [9.17, 15) is 13.6 Å². The highest BCUT2D eigenvalue weighted by atomic mass is 35.5. The Bertz CT molecular complexity index is 379. The summed E-state index contributed by atoms with van der Waals surface area (Å²) in [5.41, 5.74) is 0. The Morgan fingerprint density at radius 1 is 1.62 bits per heavy atom. The summed E-state index contributed by atoms with van der Waals surface area (Å²) < 4.78 is 27.6. The number of carbonyl (C=O) groups is 1. The SMILES string of the molecule is CC(CC(=O)O)CC(F)(F)c1ccc(Cl)s1. The first-order chi connectivity index (χ1) is 7.31. The van der Waals surface area contributed by atoms with Gasteiger partial charge in [0.1, 0.15) is 0 Å². The highest BCUT2D eigenvalue weighted by Crippen LogP contribution is 2.40. The lowest BCUT2D eigenvalue weighted by atomic mass is 9.99. The Hall–Kier alpha value is -0.680. The molecule has 0 spiro atoms. The highest BCUT2D eigenvalue weighted by molar-refractivity contribution is 7.16. The van der Waals surface area contributed by atoms with Gasteiger partial charge in [-0.05, 0) is 18.1 Å². The molecule has 0 aromatic carbocycles. The molecule has 90 valence electrons. The van der Waals surface area contributed by atoms with Crippen molar-refractivity contribution < 1.29 is 18.7 Å². The van der Waals surface area contributed by atoms with Gasteiger partial charge in [-0.3, -0.25) is 4.79 Å². The molecule has 0 bridgehead atoms. The van der Waals surface area contributed by atoms with Crippen molar-refractivity contribution in [2.45, 2.75) is 25.7 Å². The van der Waals surface area contributed by atoms with E-state index >= 15 is 0 Å². The topological polar surface area (TPSA) is 37.3 Å². The average Bonchev–Trinajstić information content (AvgIpc) is 2.49. The number of halogens is 3. The second kappa shape index (κ2) is 5.10. The predicted molar refractivity (Wildman–Crippen MR) is 59.3 cm³/mol. The van der Waals surface area contributed by atoms with Gasteiger partial charge in [0.2, 0.25) is 0 Å². The third-order valence-corrected chi connectivity index (χ3v) is 3.40. The number of hydrogen-bond donors (Lipinski definition) is 1. The van der Waals surface area contributed by atoms with Gasteiger partial charge in [0.15, 0.2) is 0 Å². The summed E-state index contributed by atoms with van der Waals surface area (Å²) in [7, 11) is 0. The van der Waals surface area contributed by atoms with Crippen molar-refractivity contribution >= 4 is 28.9 Å². The van der Waals surface area contributed by atoms with Crippen LogP contribution in [0.25, 0.3) is 0 Å². The van der Waals surface area contributed by atoms with Crippen molar-refractivity contribution in [3.05, 3.63) is 21.3 Å². The molecule has 1 rings (SSSR count). The van der Waals surface area contributed by atoms with Gasteiger partial charge in [0.05, 0.1) is 9.21 Å². The largest absolute Gasteiger partial charge is 0.481 e. The van der Waals surface area contributed by atoms with Crippen LogP contribution in [0.4, 0.5) is 8.78 Å². The monoisotopic (exact) mass is 268 g/mol. The number of aliphatic carboxylic acids is 1. The van der Waals surface area contributed by atoms with Gasteiger partial charge in [-0.1, -0.05) is 18.5 Å². The van der Waals surface area contributed by atoms with Gasteiger partial charge in [-0.2, -0.15) is 0 Å². The van der Waals surface area contributed by atoms with E-state index in [0.29, 0.717) is 4.34 Å². The molecule has 1 heterocycles. The summed E-state index contributed by atoms with van der Waals surface area (Å²) in [6.45, 7) is 1.50. The van der Waals surface area contributed by atoms with Crippen LogP contribution >= 0.6 is 22.9 Å². The van der Waals surface area contributed by atoms with E-state index in [4.69, 9.17) is 16.7 Å². The molecule has 0 aliphatic carbocycles. The molecule has 1 atom stereocenters. The number of carboxylic acids is 1. The van der Waals surface area contributed by atoms with E-state index in [0.717, 1.165) is 11.3 Å². The van der Waals surface area contributed by atoms with Crippen molar-refractivity contribution in [3.63, 3.8) is 0 Å². The Balaban J connectivity index is 2.67. The average molecular weight is 269 g/mol. The van der Waals surface area contributed by atoms with Gasteiger partial charge in [-0.25, -0.2) is 8.78 Å². The highest BCUT2D eigenvalue weighted by Gasteiger charge is 2.35. The summed E-state index contributed by atoms with van der Waals surface area (Å²) in [4.78, 5) is 10.3. The van der Waals surface area contributed by atoms with E-state index in [1.54, 1.807) is 0 Å². The molecule has 0 fully saturated rings. The minimum absolute atomic E-state index is 0.116. The lowest BCUT2D eigenvalue weighted by Crippen LogP contribution is -2.17. The minimum atomic E-state index is -3.01. The van der Waals surface area contributed by atoms with Crippen LogP contribution in [0.2, 0.25) is 4.34 Å². The maximum absolute atomic E-state index is 13.6. The molecule has 0 aliphatic rings. The maximum atomic E-state index is 13.6. The van der Waals surface area contributed by atoms with Gasteiger partial charge >= 0.3 is 5.97 Å². The van der Waals surface area contributed by atoms with Gasteiger partial charge in [0.25, 0.3) is 5.92 Å². The number of hydrogen-bond acceptors (Lipinski definition) is 2. The maximum Gasteiger partial charge on any atom is 0.303 e. The second-order valence-electron chi connectivity index (χ2n) is 3.72. The molecule has 0 saturated heterocycles. The van der Waals surface area contributed by atoms with Gasteiger partial charge in [-0.15, -0.1) is 11.3 Å². The Morgan fingerprint density at radius 3 is 2.69 bits per heavy atom. The molecular formula is C10H11ClF2O2S. The quantitative estimate of drug-likeness (QED) is 0.877. The van der Waals surface area contributed by atoms with E-state index in [2.05, 4.69) is 0 Å². The van der Waals surface area contributed by atoms with E-state index in [1.807, 2.05) is 0 Å². The first-order valence-electron chi connectivity index (χ1n) is 4.66. The molecular weight excluding hydrogens is 258 g/mol. The first kappa shape index (κ1) is 13.4. The van der Waals surface area contributed by atoms with Crippen LogP contribution in [0.1, 0.15) is 24.6 Å². The zero-order chi connectivity index (χ0) is 12.3. The Morgan fingerprint density at radius 2 is 2.25 bits per heavy atom. The van der Waals surface area contributed by atoms with Gasteiger partial charge < -0.3 is 5.11 Å². The molecule has 1 N–H and O–H groups in total. The smallest absolute Gasteiger partial charge is 0.303 e. The van der Waals surface area contributed by atoms with Crippen LogP contribution in [0, 0.1) is 5.92 Å². The summed E-state index contributed by atoms with van der Waals surface area (Å²) in [5, 5.41) is 8.49. The van der Waals surface area contributed by atoms with E-state index in [1.165, 1.54) is 19.1 Å². The van der Waals surface area contributed by atoms with Crippen molar-refractivity contribution in [1.82, 2.24) is 0 Å². The van der Waals surface area contributed by atoms with Crippen LogP contribution in [0.3, 0.4) is 0 Å². The van der Waals surface area contributed by atoms with Crippen LogP contribution in [-0.2, 0) is 10.7 Å². The second-order valence-corrected chi connectivity index (χ2v) is 5.43. The number of thiophene rings is 1. The minimum Gasteiger partial charge on any atom is -0.481 e. The molecule has 1 aromatic heterocycles. The lowest BCUT2D eigenvalue weighted by Gasteiger charge is -2.18. The predicted octanol–water partition coefficient (Wildman–Crippen LogP) is 3.99. The first-order valence-corrected chi connectivity index (χ1v) is 5.86. The molecule has 1 unspecified atom stereocenters. The zero-order valence-corrected chi connectivity index (χ0v) is 10.1. The summed E-state index contributed by atoms with van der Waals surface area (Å²) >= 11 is 6.40. The molecule has 6 heteroatoms. The standard InChI is InChI=1S/C10H11ClF2O2S/c1-6(4-9(14)15)5-10(12,13)7-2-3-8(11)16-7/h2-3,6H,4-5H2,1H3,(H,14,15). The fraction of sp³-hybridized carbons (Fsp3) is 0.500. The fourth-order valence-corrected chi connectivity index (χ4v) is 2.45. The number of carboxylic acid groups (broad SMARTS) is 1. The zero-order valence-electron chi connectivity index (χ0n) is 8.54. The molecule has 1 aromatic rings. The summed E-state index contributed by atoms with van der Waals surface area (Å²) in [6, 6.07) is 2.69. The molecule has 2 nitrogen and oxygen atoms in total. The Kier molecular flexibility index (Phi) is 4.27. The number of alkyl halides is 2. The summed E-state index contributed by atoms with van der Waals surface area (Å²) in [5.74, 6) is -4.65. The van der Waals surface area contributed by atoms with Crippen molar-refractivity contribution in [3.8, 4) is 0 Å². The van der Waals surface area contributed by atoms with Crippen LogP contribution in [-0.4, -0.2) is 11.1 Å². The Labute approximate surface area is 101 Å². The molecule has 0 saturated carbocycles. The van der Waals surface area contributed by atoms with E-state index in [-0.39, 0.29) is 11.3 Å². The summed E-state index contributed by atoms with van der Waals surface area (Å²) in [6.07, 6.45) is -0.731. The third kappa shape index (κ3) is 3.72. The third-order valence-electron chi connectivity index (χ3n) is 2.06. The van der Waals surface area contributed by atoms with Crippen molar-refractivity contribution in [1.29, 1.82) is 0 Å². The molecule has 0 amide bonds. The van der Waals surface area contributed by atoms with Gasteiger partial charge in [0, 0.05) is 12.8 Å². The molecule has 16 heavy (non-hydrogen) atoms. The number of rotatable bonds is 5. The van der Waals surface area contributed by atoms with Crippen molar-refractivity contribution in [2.24, 2.45) is 5.92 Å². The van der Waals surface area contributed by atoms with Crippen LogP contribution < -0.4 is 0 Å². The lowest BCUT2D eigenvalue weighted by molar-refractivity contribution is -0.138. The molecule has 0 radical (unpaired) electrons. The van der Waals surface area contributed by atoms with Crippen LogP contribution in [0.5, 0.6) is 0 Å². The molecule has 0 aliphatic heterocycles. The van der Waals surface area contributed by atoms with Crippen LogP contribution in [0.15, 0.2) is 12.1 Å². The van der Waals surface area contributed by atoms with Crippen molar-refractivity contribution in [2.75, 3.05) is 0 Å². The fourth-order valence-electron chi connectivity index (χ4n) is 1.42. The normalized spacial score (nSPS) is 13.8. The van der Waals surface area contributed by atoms with E-state index < -0.39 is 24.2 Å².